The first-order valence-electron chi connectivity index (χ1n) is 4.80. The third kappa shape index (κ3) is 1.52. The van der Waals surface area contributed by atoms with Gasteiger partial charge in [0.2, 0.25) is 0 Å². The maximum Gasteiger partial charge on any atom is 0.145 e. The Hall–Kier alpha value is -2.28. The summed E-state index contributed by atoms with van der Waals surface area (Å²) in [6.45, 7) is 1.94. The van der Waals surface area contributed by atoms with Gasteiger partial charge in [0, 0.05) is 5.39 Å². The van der Waals surface area contributed by atoms with Crippen molar-refractivity contribution in [3.05, 3.63) is 29.3 Å². The van der Waals surface area contributed by atoms with E-state index >= 15 is 0 Å². The Morgan fingerprint density at radius 3 is 2.75 bits per heavy atom. The zero-order valence-electron chi connectivity index (χ0n) is 9.11. The van der Waals surface area contributed by atoms with Crippen LogP contribution in [0, 0.1) is 18.3 Å². The van der Waals surface area contributed by atoms with Crippen molar-refractivity contribution >= 4 is 16.7 Å². The van der Waals surface area contributed by atoms with Gasteiger partial charge in [0.05, 0.1) is 18.7 Å². The largest absolute Gasteiger partial charge is 0.494 e. The van der Waals surface area contributed by atoms with E-state index in [1.807, 2.05) is 19.1 Å². The molecule has 1 heterocycles. The molecule has 0 amide bonds. The van der Waals surface area contributed by atoms with Crippen LogP contribution in [0.1, 0.15) is 11.1 Å². The van der Waals surface area contributed by atoms with Crippen molar-refractivity contribution in [1.82, 2.24) is 4.98 Å². The van der Waals surface area contributed by atoms with Gasteiger partial charge >= 0.3 is 0 Å². The van der Waals surface area contributed by atoms with Crippen LogP contribution in [0.5, 0.6) is 5.75 Å². The summed E-state index contributed by atoms with van der Waals surface area (Å²) >= 11 is 0. The quantitative estimate of drug-likeness (QED) is 0.786. The highest BCUT2D eigenvalue weighted by atomic mass is 16.5. The lowest BCUT2D eigenvalue weighted by atomic mass is 10.1. The molecule has 4 heteroatoms. The molecule has 0 aliphatic heterocycles. The van der Waals surface area contributed by atoms with Crippen molar-refractivity contribution in [2.24, 2.45) is 0 Å². The fourth-order valence-electron chi connectivity index (χ4n) is 1.70. The molecule has 80 valence electrons. The number of nitrogen functional groups attached to an aromatic ring is 1. The zero-order chi connectivity index (χ0) is 11.7. The van der Waals surface area contributed by atoms with Crippen LogP contribution in [-0.4, -0.2) is 12.1 Å². The zero-order valence-corrected chi connectivity index (χ0v) is 9.11. The summed E-state index contributed by atoms with van der Waals surface area (Å²) in [4.78, 5) is 4.20. The number of ether oxygens (including phenoxy) is 1. The van der Waals surface area contributed by atoms with E-state index in [1.54, 1.807) is 13.2 Å². The van der Waals surface area contributed by atoms with Crippen molar-refractivity contribution in [2.75, 3.05) is 12.8 Å². The Balaban J connectivity index is 2.94. The maximum atomic E-state index is 9.04. The molecular formula is C12H11N3O. The van der Waals surface area contributed by atoms with E-state index in [1.165, 1.54) is 0 Å². The second-order valence-corrected chi connectivity index (χ2v) is 3.57. The van der Waals surface area contributed by atoms with Gasteiger partial charge in [-0.2, -0.15) is 5.26 Å². The van der Waals surface area contributed by atoms with Gasteiger partial charge in [-0.25, -0.2) is 4.98 Å². The van der Waals surface area contributed by atoms with E-state index in [-0.39, 0.29) is 0 Å². The van der Waals surface area contributed by atoms with E-state index in [2.05, 4.69) is 11.1 Å². The van der Waals surface area contributed by atoms with Crippen LogP contribution in [0.25, 0.3) is 10.9 Å². The molecule has 0 unspecified atom stereocenters. The van der Waals surface area contributed by atoms with Crippen LogP contribution in [-0.2, 0) is 0 Å². The van der Waals surface area contributed by atoms with Crippen molar-refractivity contribution < 1.29 is 4.74 Å². The number of aryl methyl sites for hydroxylation is 1. The second kappa shape index (κ2) is 3.70. The molecule has 0 saturated carbocycles. The Morgan fingerprint density at radius 2 is 2.12 bits per heavy atom. The lowest BCUT2D eigenvalue weighted by molar-refractivity contribution is 0.418. The molecular weight excluding hydrogens is 202 g/mol. The van der Waals surface area contributed by atoms with Crippen LogP contribution in [0.2, 0.25) is 0 Å². The van der Waals surface area contributed by atoms with Crippen LogP contribution >= 0.6 is 0 Å². The lowest BCUT2D eigenvalue weighted by Crippen LogP contribution is -1.96. The number of rotatable bonds is 1. The van der Waals surface area contributed by atoms with Crippen molar-refractivity contribution in [2.45, 2.75) is 6.92 Å². The monoisotopic (exact) mass is 213 g/mol. The standard InChI is InChI=1S/C12H11N3O/c1-7-3-9-8(6-13)5-11(14)15-12(9)10(4-7)16-2/h3-5H,1-2H3,(H2,14,15). The molecule has 0 fully saturated rings. The van der Waals surface area contributed by atoms with Gasteiger partial charge in [-0.3, -0.25) is 0 Å². The predicted octanol–water partition coefficient (Wildman–Crippen LogP) is 2.01. The second-order valence-electron chi connectivity index (χ2n) is 3.57. The fourth-order valence-corrected chi connectivity index (χ4v) is 1.70. The Morgan fingerprint density at radius 1 is 1.38 bits per heavy atom. The Bertz CT molecular complexity index is 599. The molecule has 0 bridgehead atoms. The van der Waals surface area contributed by atoms with Gasteiger partial charge in [0.25, 0.3) is 0 Å². The Kier molecular flexibility index (Phi) is 2.37. The van der Waals surface area contributed by atoms with Gasteiger partial charge in [-0.15, -0.1) is 0 Å². The van der Waals surface area contributed by atoms with Crippen molar-refractivity contribution in [3.8, 4) is 11.8 Å². The summed E-state index contributed by atoms with van der Waals surface area (Å²) in [5.41, 5.74) is 7.81. The number of methoxy groups -OCH3 is 1. The summed E-state index contributed by atoms with van der Waals surface area (Å²) in [6, 6.07) is 7.46. The van der Waals surface area contributed by atoms with E-state index < -0.39 is 0 Å². The van der Waals surface area contributed by atoms with Crippen LogP contribution in [0.4, 0.5) is 5.82 Å². The first kappa shape index (κ1) is 10.2. The molecule has 2 rings (SSSR count). The molecule has 0 atom stereocenters. The van der Waals surface area contributed by atoms with Gasteiger partial charge < -0.3 is 10.5 Å². The summed E-state index contributed by atoms with van der Waals surface area (Å²) in [7, 11) is 1.57. The number of nitriles is 1. The molecule has 0 radical (unpaired) electrons. The van der Waals surface area contributed by atoms with Crippen LogP contribution in [0.15, 0.2) is 18.2 Å². The van der Waals surface area contributed by atoms with Gasteiger partial charge in [0.15, 0.2) is 0 Å². The molecule has 0 saturated heterocycles. The van der Waals surface area contributed by atoms with E-state index in [4.69, 9.17) is 15.7 Å². The number of fused-ring (bicyclic) bond motifs is 1. The number of pyridine rings is 1. The number of hydrogen-bond donors (Lipinski definition) is 1. The number of aromatic nitrogens is 1. The third-order valence-corrected chi connectivity index (χ3v) is 2.38. The van der Waals surface area contributed by atoms with Gasteiger partial charge in [-0.05, 0) is 30.7 Å². The highest BCUT2D eigenvalue weighted by Gasteiger charge is 2.09. The van der Waals surface area contributed by atoms with Crippen LogP contribution < -0.4 is 10.5 Å². The summed E-state index contributed by atoms with van der Waals surface area (Å²) in [6.07, 6.45) is 0. The van der Waals surface area contributed by atoms with Crippen molar-refractivity contribution in [3.63, 3.8) is 0 Å². The molecule has 0 aliphatic carbocycles. The van der Waals surface area contributed by atoms with Crippen molar-refractivity contribution in [1.29, 1.82) is 5.26 Å². The number of nitrogens with zero attached hydrogens (tertiary/aromatic N) is 2. The molecule has 16 heavy (non-hydrogen) atoms. The summed E-state index contributed by atoms with van der Waals surface area (Å²) < 4.78 is 5.24. The SMILES string of the molecule is COc1cc(C)cc2c(C#N)cc(N)nc12. The minimum atomic E-state index is 0.325. The third-order valence-electron chi connectivity index (χ3n) is 2.38. The topological polar surface area (TPSA) is 71.9 Å². The maximum absolute atomic E-state index is 9.04. The molecule has 0 aliphatic rings. The van der Waals surface area contributed by atoms with Gasteiger partial charge in [0.1, 0.15) is 17.1 Å². The molecule has 2 aromatic rings. The first-order valence-corrected chi connectivity index (χ1v) is 4.80. The average molecular weight is 213 g/mol. The van der Waals surface area contributed by atoms with E-state index in [0.29, 0.717) is 22.6 Å². The average Bonchev–Trinajstić information content (AvgIpc) is 2.27. The summed E-state index contributed by atoms with van der Waals surface area (Å²) in [5.74, 6) is 0.963. The molecule has 1 aromatic heterocycles. The minimum absolute atomic E-state index is 0.325. The number of anilines is 1. The van der Waals surface area contributed by atoms with E-state index in [9.17, 15) is 0 Å². The number of nitrogens with two attached hydrogens (primary N) is 1. The van der Waals surface area contributed by atoms with Gasteiger partial charge in [-0.1, -0.05) is 0 Å². The smallest absolute Gasteiger partial charge is 0.145 e. The number of benzene rings is 1. The molecule has 4 nitrogen and oxygen atoms in total. The number of hydrogen-bond acceptors (Lipinski definition) is 4. The lowest BCUT2D eigenvalue weighted by Gasteiger charge is -2.08. The highest BCUT2D eigenvalue weighted by Crippen LogP contribution is 2.28. The summed E-state index contributed by atoms with van der Waals surface area (Å²) in [5, 5.41) is 9.81. The Labute approximate surface area is 93.3 Å². The molecule has 0 spiro atoms. The molecule has 2 N–H and O–H groups in total. The minimum Gasteiger partial charge on any atom is -0.494 e. The fraction of sp³-hybridized carbons (Fsp3) is 0.167. The molecule has 1 aromatic carbocycles. The highest BCUT2D eigenvalue weighted by molar-refractivity contribution is 5.91. The predicted molar refractivity (Wildman–Crippen MR) is 62.2 cm³/mol. The van der Waals surface area contributed by atoms with Crippen LogP contribution in [0.3, 0.4) is 0 Å². The first-order chi connectivity index (χ1) is 7.65. The van der Waals surface area contributed by atoms with E-state index in [0.717, 1.165) is 10.9 Å². The normalized spacial score (nSPS) is 10.1.